The van der Waals surface area contributed by atoms with Crippen molar-refractivity contribution in [3.63, 3.8) is 0 Å². The molecule has 0 aromatic carbocycles. The first-order valence-electron chi connectivity index (χ1n) is 5.24. The summed E-state index contributed by atoms with van der Waals surface area (Å²) in [6.07, 6.45) is 5.12. The van der Waals surface area contributed by atoms with Gasteiger partial charge in [0.05, 0.1) is 0 Å². The Morgan fingerprint density at radius 1 is 1.50 bits per heavy atom. The summed E-state index contributed by atoms with van der Waals surface area (Å²) in [6.45, 7) is 0. The van der Waals surface area contributed by atoms with Crippen molar-refractivity contribution in [2.24, 2.45) is 5.73 Å². The molecule has 0 radical (unpaired) electrons. The maximum Gasteiger partial charge on any atom is 0.0202 e. The molecule has 2 unspecified atom stereocenters. The van der Waals surface area contributed by atoms with Crippen molar-refractivity contribution >= 4 is 23.1 Å². The van der Waals surface area contributed by atoms with Gasteiger partial charge in [0, 0.05) is 11.3 Å². The van der Waals surface area contributed by atoms with Crippen LogP contribution >= 0.6 is 23.1 Å². The van der Waals surface area contributed by atoms with Gasteiger partial charge in [-0.05, 0) is 47.4 Å². The van der Waals surface area contributed by atoms with E-state index in [1.807, 2.05) is 0 Å². The van der Waals surface area contributed by atoms with E-state index in [9.17, 15) is 0 Å². The van der Waals surface area contributed by atoms with Crippen molar-refractivity contribution in [3.8, 4) is 0 Å². The van der Waals surface area contributed by atoms with Gasteiger partial charge < -0.3 is 5.73 Å². The van der Waals surface area contributed by atoms with Gasteiger partial charge in [-0.1, -0.05) is 6.42 Å². The topological polar surface area (TPSA) is 26.0 Å². The van der Waals surface area contributed by atoms with Crippen molar-refractivity contribution in [2.45, 2.75) is 37.0 Å². The molecule has 0 aliphatic carbocycles. The minimum Gasteiger partial charge on any atom is -0.326 e. The highest BCUT2D eigenvalue weighted by Gasteiger charge is 2.21. The van der Waals surface area contributed by atoms with Crippen LogP contribution in [0.15, 0.2) is 16.8 Å². The Kier molecular flexibility index (Phi) is 3.90. The molecule has 1 aromatic heterocycles. The zero-order valence-corrected chi connectivity index (χ0v) is 9.95. The Bertz CT molecular complexity index is 252. The van der Waals surface area contributed by atoms with Crippen molar-refractivity contribution in [3.05, 3.63) is 22.4 Å². The van der Waals surface area contributed by atoms with Crippen LogP contribution in [-0.4, -0.2) is 17.0 Å². The molecule has 1 aliphatic heterocycles. The zero-order valence-electron chi connectivity index (χ0n) is 8.32. The molecule has 78 valence electrons. The Morgan fingerprint density at radius 3 is 3.07 bits per heavy atom. The molecule has 1 saturated heterocycles. The fraction of sp³-hybridized carbons (Fsp3) is 0.636. The van der Waals surface area contributed by atoms with Crippen LogP contribution in [0.25, 0.3) is 0 Å². The Labute approximate surface area is 94.1 Å². The molecule has 0 amide bonds. The van der Waals surface area contributed by atoms with Crippen molar-refractivity contribution in [1.29, 1.82) is 0 Å². The molecular formula is C11H17NS2. The molecule has 1 nitrogen and oxygen atoms in total. The fourth-order valence-corrected chi connectivity index (χ4v) is 3.95. The summed E-state index contributed by atoms with van der Waals surface area (Å²) >= 11 is 3.84. The van der Waals surface area contributed by atoms with E-state index < -0.39 is 0 Å². The van der Waals surface area contributed by atoms with Crippen molar-refractivity contribution in [1.82, 2.24) is 0 Å². The van der Waals surface area contributed by atoms with Gasteiger partial charge in [0.2, 0.25) is 0 Å². The van der Waals surface area contributed by atoms with Crippen LogP contribution in [0.2, 0.25) is 0 Å². The van der Waals surface area contributed by atoms with Crippen LogP contribution in [0.1, 0.15) is 24.8 Å². The molecule has 2 rings (SSSR count). The quantitative estimate of drug-likeness (QED) is 0.859. The second-order valence-electron chi connectivity index (χ2n) is 3.90. The molecule has 0 spiro atoms. The van der Waals surface area contributed by atoms with Crippen LogP contribution in [0.5, 0.6) is 0 Å². The Hall–Kier alpha value is 0.01000. The maximum atomic E-state index is 6.22. The summed E-state index contributed by atoms with van der Waals surface area (Å²) in [5, 5.41) is 5.05. The normalized spacial score (nSPS) is 24.8. The first kappa shape index (κ1) is 10.5. The molecule has 2 atom stereocenters. The number of rotatable bonds is 3. The first-order valence-corrected chi connectivity index (χ1v) is 7.23. The van der Waals surface area contributed by atoms with Crippen molar-refractivity contribution < 1.29 is 0 Å². The zero-order chi connectivity index (χ0) is 9.80. The average Bonchev–Trinajstić information content (AvgIpc) is 2.72. The Morgan fingerprint density at radius 2 is 2.43 bits per heavy atom. The van der Waals surface area contributed by atoms with Crippen LogP contribution in [0.3, 0.4) is 0 Å². The minimum atomic E-state index is 0.356. The smallest absolute Gasteiger partial charge is 0.0202 e. The predicted octanol–water partition coefficient (Wildman–Crippen LogP) is 2.90. The first-order chi connectivity index (χ1) is 6.86. The number of nitrogens with two attached hydrogens (primary N) is 1. The highest BCUT2D eigenvalue weighted by atomic mass is 32.2. The molecule has 1 aliphatic rings. The molecule has 3 heteroatoms. The molecule has 0 bridgehead atoms. The van der Waals surface area contributed by atoms with E-state index in [1.165, 1.54) is 30.6 Å². The van der Waals surface area contributed by atoms with Gasteiger partial charge in [-0.15, -0.1) is 0 Å². The second-order valence-corrected chi connectivity index (χ2v) is 6.03. The highest BCUT2D eigenvalue weighted by molar-refractivity contribution is 8.00. The summed E-state index contributed by atoms with van der Waals surface area (Å²) in [6, 6.07) is 2.55. The van der Waals surface area contributed by atoms with E-state index in [1.54, 1.807) is 11.3 Å². The molecule has 2 heterocycles. The molecule has 14 heavy (non-hydrogen) atoms. The highest BCUT2D eigenvalue weighted by Crippen LogP contribution is 2.28. The molecular weight excluding hydrogens is 210 g/mol. The Balaban J connectivity index is 1.85. The summed E-state index contributed by atoms with van der Waals surface area (Å²) in [5.74, 6) is 1.31. The number of hydrogen-bond donors (Lipinski definition) is 1. The lowest BCUT2D eigenvalue weighted by molar-refractivity contribution is 0.560. The standard InChI is InChI=1S/C11H17NS2/c12-10(7-9-4-6-13-8-9)11-3-1-2-5-14-11/h4,6,8,10-11H,1-3,5,7,12H2. The number of hydrogen-bond acceptors (Lipinski definition) is 3. The SMILES string of the molecule is NC(Cc1ccsc1)C1CCCCS1. The predicted molar refractivity (Wildman–Crippen MR) is 66.1 cm³/mol. The number of thioether (sulfide) groups is 1. The van der Waals surface area contributed by atoms with E-state index in [0.717, 1.165) is 6.42 Å². The van der Waals surface area contributed by atoms with Crippen LogP contribution < -0.4 is 5.73 Å². The largest absolute Gasteiger partial charge is 0.326 e. The van der Waals surface area contributed by atoms with Crippen LogP contribution in [0.4, 0.5) is 0 Å². The monoisotopic (exact) mass is 227 g/mol. The van der Waals surface area contributed by atoms with E-state index in [2.05, 4.69) is 28.6 Å². The second kappa shape index (κ2) is 5.19. The third-order valence-corrected chi connectivity index (χ3v) is 5.01. The third-order valence-electron chi connectivity index (χ3n) is 2.74. The maximum absolute atomic E-state index is 6.22. The molecule has 2 N–H and O–H groups in total. The lowest BCUT2D eigenvalue weighted by atomic mass is 10.0. The fourth-order valence-electron chi connectivity index (χ4n) is 1.92. The van der Waals surface area contributed by atoms with Gasteiger partial charge in [0.1, 0.15) is 0 Å². The molecule has 0 saturated carbocycles. The average molecular weight is 227 g/mol. The van der Waals surface area contributed by atoms with Gasteiger partial charge in [-0.2, -0.15) is 23.1 Å². The molecule has 1 aromatic rings. The van der Waals surface area contributed by atoms with Gasteiger partial charge in [-0.25, -0.2) is 0 Å². The summed E-state index contributed by atoms with van der Waals surface area (Å²) < 4.78 is 0. The van der Waals surface area contributed by atoms with Gasteiger partial charge >= 0.3 is 0 Å². The molecule has 1 fully saturated rings. The lowest BCUT2D eigenvalue weighted by Crippen LogP contribution is -2.36. The van der Waals surface area contributed by atoms with Gasteiger partial charge in [-0.3, -0.25) is 0 Å². The summed E-state index contributed by atoms with van der Waals surface area (Å²) in [7, 11) is 0. The van der Waals surface area contributed by atoms with Gasteiger partial charge in [0.15, 0.2) is 0 Å². The van der Waals surface area contributed by atoms with E-state index in [0.29, 0.717) is 11.3 Å². The van der Waals surface area contributed by atoms with Crippen LogP contribution in [0, 0.1) is 0 Å². The van der Waals surface area contributed by atoms with E-state index >= 15 is 0 Å². The summed E-state index contributed by atoms with van der Waals surface area (Å²) in [5.41, 5.74) is 7.63. The minimum absolute atomic E-state index is 0.356. The van der Waals surface area contributed by atoms with E-state index in [4.69, 9.17) is 5.73 Å². The van der Waals surface area contributed by atoms with Crippen molar-refractivity contribution in [2.75, 3.05) is 5.75 Å². The third kappa shape index (κ3) is 2.75. The van der Waals surface area contributed by atoms with Gasteiger partial charge in [0.25, 0.3) is 0 Å². The summed E-state index contributed by atoms with van der Waals surface area (Å²) in [4.78, 5) is 0. The van der Waals surface area contributed by atoms with Crippen LogP contribution in [-0.2, 0) is 6.42 Å². The number of thiophene rings is 1. The lowest BCUT2D eigenvalue weighted by Gasteiger charge is -2.26. The van der Waals surface area contributed by atoms with E-state index in [-0.39, 0.29) is 0 Å².